The van der Waals surface area contributed by atoms with Gasteiger partial charge in [0.1, 0.15) is 5.76 Å². The predicted molar refractivity (Wildman–Crippen MR) is 141 cm³/mol. The molecule has 1 aliphatic heterocycles. The second kappa shape index (κ2) is 11.8. The van der Waals surface area contributed by atoms with Crippen molar-refractivity contribution in [3.05, 3.63) is 47.9 Å². The van der Waals surface area contributed by atoms with Crippen LogP contribution in [-0.4, -0.2) is 54.8 Å². The molecule has 2 aromatic rings. The highest BCUT2D eigenvalue weighted by Crippen LogP contribution is 2.30. The number of rotatable bonds is 9. The third-order valence-electron chi connectivity index (χ3n) is 6.61. The third kappa shape index (κ3) is 7.85. The van der Waals surface area contributed by atoms with Gasteiger partial charge in [-0.15, -0.1) is 0 Å². The number of carbonyl (C=O) groups is 2. The quantitative estimate of drug-likeness (QED) is 0.537. The van der Waals surface area contributed by atoms with Gasteiger partial charge in [0.05, 0.1) is 12.8 Å². The monoisotopic (exact) mass is 482 g/mol. The molecule has 2 heterocycles. The molecule has 0 bridgehead atoms. The molecule has 0 radical (unpaired) electrons. The van der Waals surface area contributed by atoms with Crippen LogP contribution in [0.1, 0.15) is 64.7 Å². The second-order valence-corrected chi connectivity index (χ2v) is 11.0. The average Bonchev–Trinajstić information content (AvgIpc) is 3.30. The Bertz CT molecular complexity index is 973. The van der Waals surface area contributed by atoms with Gasteiger partial charge < -0.3 is 24.4 Å². The molecule has 0 aliphatic carbocycles. The van der Waals surface area contributed by atoms with Crippen LogP contribution in [0.4, 0.5) is 11.4 Å². The van der Waals surface area contributed by atoms with Crippen LogP contribution in [0.15, 0.2) is 41.0 Å². The smallest absolute Gasteiger partial charge is 0.224 e. The number of piperidine rings is 1. The van der Waals surface area contributed by atoms with E-state index in [-0.39, 0.29) is 17.2 Å². The Morgan fingerprint density at radius 3 is 2.46 bits per heavy atom. The summed E-state index contributed by atoms with van der Waals surface area (Å²) in [5.74, 6) is 0.820. The summed E-state index contributed by atoms with van der Waals surface area (Å²) in [6, 6.07) is 10.3. The Labute approximate surface area is 210 Å². The number of benzene rings is 1. The first-order valence-electron chi connectivity index (χ1n) is 12.7. The maximum Gasteiger partial charge on any atom is 0.224 e. The van der Waals surface area contributed by atoms with Gasteiger partial charge in [0.15, 0.2) is 0 Å². The van der Waals surface area contributed by atoms with Gasteiger partial charge in [-0.2, -0.15) is 0 Å². The lowest BCUT2D eigenvalue weighted by Gasteiger charge is -2.38. The van der Waals surface area contributed by atoms with Gasteiger partial charge in [0, 0.05) is 43.9 Å². The summed E-state index contributed by atoms with van der Waals surface area (Å²) in [5, 5.41) is 3.07. The number of nitrogens with zero attached hydrogens (tertiary/aromatic N) is 3. The van der Waals surface area contributed by atoms with Gasteiger partial charge in [-0.25, -0.2) is 0 Å². The molecule has 1 saturated heterocycles. The van der Waals surface area contributed by atoms with E-state index in [2.05, 4.69) is 56.0 Å². The van der Waals surface area contributed by atoms with E-state index in [1.165, 1.54) is 0 Å². The zero-order valence-corrected chi connectivity index (χ0v) is 22.3. The van der Waals surface area contributed by atoms with E-state index in [0.29, 0.717) is 32.0 Å². The number of hydrogen-bond donors (Lipinski definition) is 1. The highest BCUT2D eigenvalue weighted by Gasteiger charge is 2.24. The van der Waals surface area contributed by atoms with Gasteiger partial charge >= 0.3 is 0 Å². The first-order chi connectivity index (χ1) is 16.6. The highest BCUT2D eigenvalue weighted by molar-refractivity contribution is 5.91. The molecule has 1 N–H and O–H groups in total. The summed E-state index contributed by atoms with van der Waals surface area (Å²) in [5.41, 5.74) is 2.79. The fraction of sp³-hybridized carbons (Fsp3) is 0.571. The van der Waals surface area contributed by atoms with E-state index < -0.39 is 0 Å². The van der Waals surface area contributed by atoms with Crippen molar-refractivity contribution >= 4 is 23.2 Å². The summed E-state index contributed by atoms with van der Waals surface area (Å²) in [7, 11) is 4.31. The SMILES string of the molecule is CCC(=O)N(Cc1ccco1)Cc1cc(NC(=O)CC(C)(C)C)ccc1N(C)C1CCN(C)CC1. The second-order valence-electron chi connectivity index (χ2n) is 11.0. The largest absolute Gasteiger partial charge is 0.467 e. The Balaban J connectivity index is 1.89. The lowest BCUT2D eigenvalue weighted by Crippen LogP contribution is -2.42. The molecule has 2 amide bonds. The molecule has 3 rings (SSSR count). The molecule has 0 unspecified atom stereocenters. The van der Waals surface area contributed by atoms with Crippen LogP contribution >= 0.6 is 0 Å². The van der Waals surface area contributed by atoms with Crippen molar-refractivity contribution in [1.82, 2.24) is 9.80 Å². The summed E-state index contributed by atoms with van der Waals surface area (Å²) in [4.78, 5) is 32.0. The van der Waals surface area contributed by atoms with E-state index in [4.69, 9.17) is 4.42 Å². The Kier molecular flexibility index (Phi) is 9.00. The topological polar surface area (TPSA) is 69.0 Å². The van der Waals surface area contributed by atoms with Crippen molar-refractivity contribution in [1.29, 1.82) is 0 Å². The van der Waals surface area contributed by atoms with Crippen molar-refractivity contribution in [2.24, 2.45) is 5.41 Å². The average molecular weight is 483 g/mol. The summed E-state index contributed by atoms with van der Waals surface area (Å²) >= 11 is 0. The van der Waals surface area contributed by atoms with Crippen LogP contribution in [-0.2, 0) is 22.7 Å². The minimum Gasteiger partial charge on any atom is -0.467 e. The molecule has 7 nitrogen and oxygen atoms in total. The predicted octanol–water partition coefficient (Wildman–Crippen LogP) is 5.12. The Morgan fingerprint density at radius 2 is 1.86 bits per heavy atom. The molecule has 0 saturated carbocycles. The Hall–Kier alpha value is -2.80. The van der Waals surface area contributed by atoms with Crippen LogP contribution in [0.5, 0.6) is 0 Å². The Morgan fingerprint density at radius 1 is 1.14 bits per heavy atom. The number of nitrogens with one attached hydrogen (secondary N) is 1. The van der Waals surface area contributed by atoms with Crippen molar-refractivity contribution in [2.75, 3.05) is 37.4 Å². The van der Waals surface area contributed by atoms with Crippen molar-refractivity contribution in [2.45, 2.75) is 72.5 Å². The maximum absolute atomic E-state index is 12.9. The summed E-state index contributed by atoms with van der Waals surface area (Å²) in [6.45, 7) is 11.1. The van der Waals surface area contributed by atoms with E-state index in [0.717, 1.165) is 48.6 Å². The molecular weight excluding hydrogens is 440 g/mol. The molecule has 35 heavy (non-hydrogen) atoms. The lowest BCUT2D eigenvalue weighted by molar-refractivity contribution is -0.132. The first-order valence-corrected chi connectivity index (χ1v) is 12.7. The molecule has 0 atom stereocenters. The zero-order chi connectivity index (χ0) is 25.6. The zero-order valence-electron chi connectivity index (χ0n) is 22.3. The molecule has 1 aromatic carbocycles. The molecule has 192 valence electrons. The molecule has 0 spiro atoms. The normalized spacial score (nSPS) is 15.1. The minimum atomic E-state index is -0.0887. The van der Waals surface area contributed by atoms with Gasteiger partial charge in [-0.1, -0.05) is 27.7 Å². The molecule has 1 fully saturated rings. The van der Waals surface area contributed by atoms with E-state index in [1.54, 1.807) is 6.26 Å². The summed E-state index contributed by atoms with van der Waals surface area (Å²) < 4.78 is 5.54. The molecule has 1 aromatic heterocycles. The van der Waals surface area contributed by atoms with Crippen molar-refractivity contribution in [3.63, 3.8) is 0 Å². The van der Waals surface area contributed by atoms with Crippen molar-refractivity contribution < 1.29 is 14.0 Å². The summed E-state index contributed by atoms with van der Waals surface area (Å²) in [6.07, 6.45) is 4.69. The fourth-order valence-corrected chi connectivity index (χ4v) is 4.65. The minimum absolute atomic E-state index is 0.00283. The van der Waals surface area contributed by atoms with Crippen LogP contribution in [0, 0.1) is 5.41 Å². The number of hydrogen-bond acceptors (Lipinski definition) is 5. The maximum atomic E-state index is 12.9. The van der Waals surface area contributed by atoms with Crippen LogP contribution < -0.4 is 10.2 Å². The van der Waals surface area contributed by atoms with Gasteiger partial charge in [-0.05, 0) is 74.3 Å². The fourth-order valence-electron chi connectivity index (χ4n) is 4.65. The van der Waals surface area contributed by atoms with E-state index in [1.807, 2.05) is 36.1 Å². The van der Waals surface area contributed by atoms with Crippen LogP contribution in [0.2, 0.25) is 0 Å². The standard InChI is InChI=1S/C28H42N4O3/c1-7-27(34)32(20-24-9-8-16-35-24)19-21-17-22(29-26(33)18-28(2,3)4)10-11-25(21)31(6)23-12-14-30(5)15-13-23/h8-11,16-17,23H,7,12-15,18-20H2,1-6H3,(H,29,33). The van der Waals surface area contributed by atoms with E-state index >= 15 is 0 Å². The van der Waals surface area contributed by atoms with Crippen LogP contribution in [0.3, 0.4) is 0 Å². The van der Waals surface area contributed by atoms with Crippen LogP contribution in [0.25, 0.3) is 0 Å². The number of carbonyl (C=O) groups excluding carboxylic acids is 2. The van der Waals surface area contributed by atoms with Gasteiger partial charge in [0.2, 0.25) is 11.8 Å². The van der Waals surface area contributed by atoms with Gasteiger partial charge in [-0.3, -0.25) is 9.59 Å². The van der Waals surface area contributed by atoms with Crippen molar-refractivity contribution in [3.8, 4) is 0 Å². The van der Waals surface area contributed by atoms with E-state index in [9.17, 15) is 9.59 Å². The number of amides is 2. The highest BCUT2D eigenvalue weighted by atomic mass is 16.3. The number of anilines is 2. The molecule has 1 aliphatic rings. The van der Waals surface area contributed by atoms with Gasteiger partial charge in [0.25, 0.3) is 0 Å². The number of likely N-dealkylation sites (tertiary alicyclic amines) is 1. The third-order valence-corrected chi connectivity index (χ3v) is 6.61. The molecular formula is C28H42N4O3. The lowest BCUT2D eigenvalue weighted by atomic mass is 9.92. The molecule has 7 heteroatoms. The number of furan rings is 1. The first kappa shape index (κ1) is 26.8.